The molecule has 0 heterocycles. The lowest BCUT2D eigenvalue weighted by Crippen LogP contribution is -2.24. The maximum Gasteiger partial charge on any atom is 0.339 e. The van der Waals surface area contributed by atoms with Crippen molar-refractivity contribution in [3.8, 4) is 28.7 Å². The van der Waals surface area contributed by atoms with Crippen LogP contribution < -0.4 is 30.1 Å². The summed E-state index contributed by atoms with van der Waals surface area (Å²) in [5.74, 6) is -3.07. The van der Waals surface area contributed by atoms with E-state index < -0.39 is 37.4 Å². The van der Waals surface area contributed by atoms with Crippen LogP contribution in [0.2, 0.25) is 0 Å². The third-order valence-electron chi connectivity index (χ3n) is 6.85. The zero-order valence-corrected chi connectivity index (χ0v) is 24.7. The van der Waals surface area contributed by atoms with Gasteiger partial charge in [-0.2, -0.15) is 0 Å². The Labute approximate surface area is 261 Å². The number of aliphatic hydroxyl groups excluding tert-OH is 1. The summed E-state index contributed by atoms with van der Waals surface area (Å²) in [6.45, 7) is -0.685. The van der Waals surface area contributed by atoms with Crippen LogP contribution in [0, 0.1) is 0 Å². The predicted molar refractivity (Wildman–Crippen MR) is 167 cm³/mol. The van der Waals surface area contributed by atoms with Crippen molar-refractivity contribution in [2.45, 2.75) is 0 Å². The zero-order valence-electron chi connectivity index (χ0n) is 23.8. The molecule has 0 aromatic heterocycles. The largest absolute Gasteiger partial charge is 0.478 e. The van der Waals surface area contributed by atoms with Gasteiger partial charge in [0.15, 0.2) is 13.9 Å². The number of carboxylic acid groups (broad SMARTS) is 3. The molecule has 232 valence electrons. The van der Waals surface area contributed by atoms with Crippen LogP contribution >= 0.6 is 7.14 Å². The highest BCUT2D eigenvalue weighted by Crippen LogP contribution is 2.43. The summed E-state index contributed by atoms with van der Waals surface area (Å²) in [6.07, 6.45) is 0. The van der Waals surface area contributed by atoms with Crippen molar-refractivity contribution in [1.82, 2.24) is 0 Å². The van der Waals surface area contributed by atoms with Crippen molar-refractivity contribution in [3.63, 3.8) is 0 Å². The Hall–Kier alpha value is -5.90. The highest BCUT2D eigenvalue weighted by molar-refractivity contribution is 7.85. The van der Waals surface area contributed by atoms with E-state index in [2.05, 4.69) is 0 Å². The van der Waals surface area contributed by atoms with Gasteiger partial charge in [-0.25, -0.2) is 14.4 Å². The van der Waals surface area contributed by atoms with E-state index in [1.165, 1.54) is 24.3 Å². The molecular formula is C34H25O11P. The molecular weight excluding hydrogens is 615 g/mol. The average Bonchev–Trinajstić information content (AvgIpc) is 3.06. The second kappa shape index (κ2) is 13.4. The summed E-state index contributed by atoms with van der Waals surface area (Å²) in [4.78, 5) is 34.5. The van der Waals surface area contributed by atoms with Crippen molar-refractivity contribution >= 4 is 41.0 Å². The molecule has 0 saturated carbocycles. The van der Waals surface area contributed by atoms with Gasteiger partial charge in [-0.15, -0.1) is 0 Å². The molecule has 0 saturated heterocycles. The fourth-order valence-corrected chi connectivity index (χ4v) is 7.32. The van der Waals surface area contributed by atoms with E-state index in [0.717, 1.165) is 12.1 Å². The summed E-state index contributed by atoms with van der Waals surface area (Å²) in [5, 5.41) is 38.7. The Balaban J connectivity index is 1.43. The average molecular weight is 641 g/mol. The van der Waals surface area contributed by atoms with Gasteiger partial charge in [0.1, 0.15) is 34.3 Å². The molecule has 5 rings (SSSR count). The van der Waals surface area contributed by atoms with E-state index in [4.69, 9.17) is 19.3 Å². The number of benzene rings is 5. The number of hydrogen-bond donors (Lipinski definition) is 4. The van der Waals surface area contributed by atoms with Gasteiger partial charge >= 0.3 is 17.9 Å². The first kappa shape index (κ1) is 31.5. The van der Waals surface area contributed by atoms with Crippen LogP contribution in [0.1, 0.15) is 31.1 Å². The Bertz CT molecular complexity index is 1950. The van der Waals surface area contributed by atoms with E-state index in [1.807, 2.05) is 6.07 Å². The van der Waals surface area contributed by atoms with E-state index in [0.29, 0.717) is 27.4 Å². The second-order valence-corrected chi connectivity index (χ2v) is 12.5. The number of hydrogen-bond acceptors (Lipinski definition) is 8. The lowest BCUT2D eigenvalue weighted by atomic mass is 10.1. The molecule has 1 atom stereocenters. The highest BCUT2D eigenvalue weighted by atomic mass is 31.2. The topological polar surface area (TPSA) is 177 Å². The molecule has 12 heteroatoms. The molecule has 46 heavy (non-hydrogen) atoms. The summed E-state index contributed by atoms with van der Waals surface area (Å²) in [6, 6.07) is 29.6. The minimum absolute atomic E-state index is 0.0148. The van der Waals surface area contributed by atoms with Crippen molar-refractivity contribution < 1.29 is 53.6 Å². The number of carbonyl (C=O) groups is 3. The quantitative estimate of drug-likeness (QED) is 0.102. The van der Waals surface area contributed by atoms with E-state index in [9.17, 15) is 34.3 Å². The van der Waals surface area contributed by atoms with E-state index in [-0.39, 0.29) is 28.4 Å². The monoisotopic (exact) mass is 640 g/mol. The lowest BCUT2D eigenvalue weighted by molar-refractivity contribution is 0.0651. The first-order valence-electron chi connectivity index (χ1n) is 13.5. The Morgan fingerprint density at radius 1 is 0.522 bits per heavy atom. The summed E-state index contributed by atoms with van der Waals surface area (Å²) >= 11 is 0. The molecule has 0 amide bonds. The number of aromatic carboxylic acids is 3. The van der Waals surface area contributed by atoms with Gasteiger partial charge in [0.25, 0.3) is 0 Å². The third kappa shape index (κ3) is 6.61. The summed E-state index contributed by atoms with van der Waals surface area (Å²) < 4.78 is 31.5. The maximum absolute atomic E-state index is 14.9. The predicted octanol–water partition coefficient (Wildman–Crippen LogP) is 5.33. The van der Waals surface area contributed by atoms with Gasteiger partial charge in [0.05, 0.1) is 11.1 Å². The molecule has 5 aromatic rings. The molecule has 4 N–H and O–H groups in total. The van der Waals surface area contributed by atoms with Gasteiger partial charge < -0.3 is 39.2 Å². The van der Waals surface area contributed by atoms with E-state index in [1.54, 1.807) is 72.8 Å². The molecule has 0 bridgehead atoms. The maximum atomic E-state index is 14.9. The molecule has 11 nitrogen and oxygen atoms in total. The number of rotatable bonds is 12. The summed E-state index contributed by atoms with van der Waals surface area (Å²) in [7, 11) is -3.43. The fraction of sp³-hybridized carbons (Fsp3) is 0.0294. The standard InChI is InChI=1S/C34H25O11P/c35-20-43-31-17-11-24(19-30(31)34(40)41)45-22-8-14-27(15-9-22)46(42,25-4-2-1-3-5-25)26-12-6-21(7-13-26)44-23-10-16-28(32(36)37)29(18-23)33(38)39/h1-19,35H,20H2,(H,36,37)(H,38,39)(H,40,41). The van der Waals surface area contributed by atoms with Gasteiger partial charge in [-0.3, -0.25) is 0 Å². The van der Waals surface area contributed by atoms with E-state index >= 15 is 0 Å². The summed E-state index contributed by atoms with van der Waals surface area (Å²) in [5.41, 5.74) is -0.979. The minimum Gasteiger partial charge on any atom is -0.478 e. The zero-order chi connectivity index (χ0) is 32.8. The second-order valence-electron chi connectivity index (χ2n) is 9.69. The number of ether oxygens (including phenoxy) is 3. The van der Waals surface area contributed by atoms with Crippen LogP contribution in [0.4, 0.5) is 0 Å². The Kier molecular flexibility index (Phi) is 9.18. The fourth-order valence-electron chi connectivity index (χ4n) is 4.69. The molecule has 0 aliphatic carbocycles. The van der Waals surface area contributed by atoms with Crippen LogP contribution in [-0.4, -0.2) is 45.1 Å². The minimum atomic E-state index is -3.43. The molecule has 0 fully saturated rings. The normalized spacial score (nSPS) is 12.0. The Morgan fingerprint density at radius 3 is 1.43 bits per heavy atom. The smallest absolute Gasteiger partial charge is 0.339 e. The molecule has 0 radical (unpaired) electrons. The van der Waals surface area contributed by atoms with Crippen LogP contribution in [0.15, 0.2) is 115 Å². The molecule has 0 aliphatic rings. The van der Waals surface area contributed by atoms with Crippen molar-refractivity contribution in [2.24, 2.45) is 0 Å². The van der Waals surface area contributed by atoms with Crippen molar-refractivity contribution in [2.75, 3.05) is 6.79 Å². The van der Waals surface area contributed by atoms with Gasteiger partial charge in [-0.1, -0.05) is 30.3 Å². The number of carboxylic acids is 3. The first-order valence-corrected chi connectivity index (χ1v) is 15.2. The SMILES string of the molecule is O=C(O)c1cc(Oc2ccc(P(=O)(c3ccccc3)c3ccc(Oc4ccc(C(=O)O)c(C(=O)O)c4)cc3)cc2)ccc1OCO. The van der Waals surface area contributed by atoms with Gasteiger partial charge in [0, 0.05) is 15.9 Å². The third-order valence-corrected chi connectivity index (χ3v) is 9.92. The van der Waals surface area contributed by atoms with Gasteiger partial charge in [0.2, 0.25) is 0 Å². The molecule has 0 aliphatic heterocycles. The number of aliphatic hydroxyl groups is 1. The molecule has 0 spiro atoms. The van der Waals surface area contributed by atoms with Crippen LogP contribution in [0.5, 0.6) is 28.7 Å². The highest BCUT2D eigenvalue weighted by Gasteiger charge is 2.30. The lowest BCUT2D eigenvalue weighted by Gasteiger charge is -2.20. The van der Waals surface area contributed by atoms with Crippen molar-refractivity contribution in [3.05, 3.63) is 132 Å². The van der Waals surface area contributed by atoms with Crippen molar-refractivity contribution in [1.29, 1.82) is 0 Å². The molecule has 1 unspecified atom stereocenters. The van der Waals surface area contributed by atoms with Crippen LogP contribution in [0.3, 0.4) is 0 Å². The first-order chi connectivity index (χ1) is 22.1. The van der Waals surface area contributed by atoms with Gasteiger partial charge in [-0.05, 0) is 84.9 Å². The Morgan fingerprint density at radius 2 is 0.957 bits per heavy atom. The molecule has 5 aromatic carbocycles. The van der Waals surface area contributed by atoms with Crippen LogP contribution in [-0.2, 0) is 4.57 Å². The van der Waals surface area contributed by atoms with Crippen LogP contribution in [0.25, 0.3) is 0 Å².